The molecule has 36 heavy (non-hydrogen) atoms. The van der Waals surface area contributed by atoms with Crippen LogP contribution < -0.4 is 4.74 Å². The van der Waals surface area contributed by atoms with Gasteiger partial charge in [0.25, 0.3) is 0 Å². The smallest absolute Gasteiger partial charge is 0.410 e. The molecule has 0 aliphatic carbocycles. The van der Waals surface area contributed by atoms with E-state index in [1.165, 1.54) is 12.5 Å². The molecule has 188 valence electrons. The molecule has 0 spiro atoms. The second-order valence-corrected chi connectivity index (χ2v) is 9.81. The first-order chi connectivity index (χ1) is 17.1. The van der Waals surface area contributed by atoms with Crippen LogP contribution in [0.15, 0.2) is 54.6 Å². The Bertz CT molecular complexity index is 1270. The van der Waals surface area contributed by atoms with Gasteiger partial charge in [-0.25, -0.2) is 4.79 Å². The number of rotatable bonds is 6. The summed E-state index contributed by atoms with van der Waals surface area (Å²) in [5.74, 6) is 0.648. The molecule has 3 aromatic rings. The number of carbonyl (C=O) groups is 2. The first-order valence-electron chi connectivity index (χ1n) is 12.0. The normalized spacial score (nSPS) is 13.8. The van der Waals surface area contributed by atoms with Crippen molar-refractivity contribution in [1.29, 1.82) is 0 Å². The van der Waals surface area contributed by atoms with Crippen molar-refractivity contribution in [3.8, 4) is 17.0 Å². The van der Waals surface area contributed by atoms with Crippen LogP contribution in [0.4, 0.5) is 4.79 Å². The second kappa shape index (κ2) is 10.4. The van der Waals surface area contributed by atoms with Crippen LogP contribution in [0.2, 0.25) is 0 Å². The Morgan fingerprint density at radius 1 is 0.972 bits per heavy atom. The van der Waals surface area contributed by atoms with Gasteiger partial charge in [-0.2, -0.15) is 9.90 Å². The first kappa shape index (κ1) is 25.2. The Hall–Kier alpha value is -3.94. The Balaban J connectivity index is 1.49. The van der Waals surface area contributed by atoms with Crippen molar-refractivity contribution in [3.63, 3.8) is 0 Å². The van der Waals surface area contributed by atoms with E-state index in [-0.39, 0.29) is 11.9 Å². The molecule has 2 aromatic carbocycles. The van der Waals surface area contributed by atoms with E-state index in [4.69, 9.17) is 9.47 Å². The van der Waals surface area contributed by atoms with E-state index in [0.29, 0.717) is 31.0 Å². The van der Waals surface area contributed by atoms with Crippen LogP contribution >= 0.6 is 0 Å². The molecule has 4 rings (SSSR count). The van der Waals surface area contributed by atoms with Crippen molar-refractivity contribution in [3.05, 3.63) is 71.4 Å². The van der Waals surface area contributed by atoms with Crippen molar-refractivity contribution >= 4 is 17.4 Å². The molecule has 0 fully saturated rings. The number of ketones is 1. The first-order valence-corrected chi connectivity index (χ1v) is 12.0. The summed E-state index contributed by atoms with van der Waals surface area (Å²) in [5, 5.41) is 9.07. The molecule has 1 aliphatic rings. The van der Waals surface area contributed by atoms with E-state index < -0.39 is 5.60 Å². The number of amides is 1. The molecular formula is C28H32N4O4. The van der Waals surface area contributed by atoms with Gasteiger partial charge in [0, 0.05) is 25.6 Å². The third-order valence-corrected chi connectivity index (χ3v) is 5.86. The Kier molecular flexibility index (Phi) is 7.24. The lowest BCUT2D eigenvalue weighted by Crippen LogP contribution is -2.39. The molecule has 1 amide bonds. The maximum atomic E-state index is 12.3. The van der Waals surface area contributed by atoms with Crippen LogP contribution in [-0.2, 0) is 11.3 Å². The van der Waals surface area contributed by atoms with Crippen LogP contribution in [0.3, 0.4) is 0 Å². The van der Waals surface area contributed by atoms with Gasteiger partial charge < -0.3 is 14.4 Å². The highest BCUT2D eigenvalue weighted by molar-refractivity contribution is 5.97. The van der Waals surface area contributed by atoms with E-state index >= 15 is 0 Å². The van der Waals surface area contributed by atoms with Crippen molar-refractivity contribution in [2.75, 3.05) is 20.2 Å². The number of nitrogens with zero attached hydrogens (tertiary/aromatic N) is 4. The summed E-state index contributed by atoms with van der Waals surface area (Å²) in [6, 6.07) is 15.6. The van der Waals surface area contributed by atoms with Gasteiger partial charge in [-0.15, -0.1) is 5.10 Å². The predicted octanol–water partition coefficient (Wildman–Crippen LogP) is 5.23. The Morgan fingerprint density at radius 3 is 2.19 bits per heavy atom. The summed E-state index contributed by atoms with van der Waals surface area (Å²) in [5.41, 5.74) is 4.50. The fourth-order valence-electron chi connectivity index (χ4n) is 4.01. The van der Waals surface area contributed by atoms with Gasteiger partial charge >= 0.3 is 6.09 Å². The summed E-state index contributed by atoms with van der Waals surface area (Å²) < 4.78 is 10.7. The molecule has 8 heteroatoms. The van der Waals surface area contributed by atoms with E-state index in [1.54, 1.807) is 16.8 Å². The number of benzene rings is 2. The minimum atomic E-state index is -0.508. The zero-order valence-electron chi connectivity index (χ0n) is 21.4. The van der Waals surface area contributed by atoms with Crippen LogP contribution in [0.25, 0.3) is 16.8 Å². The molecule has 0 radical (unpaired) electrons. The van der Waals surface area contributed by atoms with Gasteiger partial charge in [-0.05, 0) is 56.0 Å². The molecule has 2 heterocycles. The third-order valence-electron chi connectivity index (χ3n) is 5.86. The molecule has 0 N–H and O–H groups in total. The number of ether oxygens (including phenoxy) is 2. The fourth-order valence-corrected chi connectivity index (χ4v) is 4.01. The fraction of sp³-hybridized carbons (Fsp3) is 0.357. The highest BCUT2D eigenvalue weighted by atomic mass is 16.6. The largest absolute Gasteiger partial charge is 0.497 e. The second-order valence-electron chi connectivity index (χ2n) is 9.81. The summed E-state index contributed by atoms with van der Waals surface area (Å²) >= 11 is 0. The number of Topliss-reactive ketones (excluding diaryl/α,β-unsaturated/α-hetero) is 1. The summed E-state index contributed by atoms with van der Waals surface area (Å²) in [6.07, 6.45) is 2.52. The third kappa shape index (κ3) is 6.00. The summed E-state index contributed by atoms with van der Waals surface area (Å²) in [4.78, 5) is 27.9. The quantitative estimate of drug-likeness (QED) is 0.442. The van der Waals surface area contributed by atoms with Crippen LogP contribution in [-0.4, -0.2) is 57.6 Å². The van der Waals surface area contributed by atoms with E-state index in [0.717, 1.165) is 28.9 Å². The zero-order valence-corrected chi connectivity index (χ0v) is 21.4. The van der Waals surface area contributed by atoms with Gasteiger partial charge in [0.2, 0.25) is 0 Å². The number of hydrogen-bond acceptors (Lipinski definition) is 6. The van der Waals surface area contributed by atoms with E-state index in [9.17, 15) is 9.59 Å². The van der Waals surface area contributed by atoms with Crippen LogP contribution in [0, 0.1) is 0 Å². The molecule has 1 aliphatic heterocycles. The van der Waals surface area contributed by atoms with Gasteiger partial charge in [-0.3, -0.25) is 4.79 Å². The van der Waals surface area contributed by atoms with Gasteiger partial charge in [0.05, 0.1) is 13.7 Å². The minimum absolute atomic E-state index is 0.132. The molecule has 0 saturated heterocycles. The predicted molar refractivity (Wildman–Crippen MR) is 138 cm³/mol. The highest BCUT2D eigenvalue weighted by Gasteiger charge is 2.24. The average Bonchev–Trinajstić information content (AvgIpc) is 3.28. The molecule has 1 aromatic heterocycles. The molecular weight excluding hydrogens is 456 g/mol. The van der Waals surface area contributed by atoms with Crippen molar-refractivity contribution in [1.82, 2.24) is 19.9 Å². The SMILES string of the molecule is COc1ccc(Cn2nc(C(C)=O)c(-c3ccc(C4=CCN(C(=O)OC(C)(C)C)CC4)cc3)n2)cc1. The lowest BCUT2D eigenvalue weighted by molar-refractivity contribution is 0.0270. The number of carbonyl (C=O) groups excluding carboxylic acids is 2. The number of methoxy groups -OCH3 is 1. The van der Waals surface area contributed by atoms with Crippen molar-refractivity contribution < 1.29 is 19.1 Å². The molecule has 0 saturated carbocycles. The van der Waals surface area contributed by atoms with Gasteiger partial charge in [0.15, 0.2) is 11.5 Å². The topological polar surface area (TPSA) is 86.6 Å². The summed E-state index contributed by atoms with van der Waals surface area (Å²) in [7, 11) is 1.63. The molecule has 0 unspecified atom stereocenters. The zero-order chi connectivity index (χ0) is 25.9. The maximum Gasteiger partial charge on any atom is 0.410 e. The highest BCUT2D eigenvalue weighted by Crippen LogP contribution is 2.27. The lowest BCUT2D eigenvalue weighted by atomic mass is 9.97. The summed E-state index contributed by atoms with van der Waals surface area (Å²) in [6.45, 7) is 8.68. The maximum absolute atomic E-state index is 12.3. The standard InChI is InChI=1S/C28H32N4O4/c1-19(33)25-26(30-32(29-25)18-20-6-12-24(35-5)13-7-20)23-10-8-21(9-11-23)22-14-16-31(17-15-22)27(34)36-28(2,3)4/h6-14H,15-18H2,1-5H3. The van der Waals surface area contributed by atoms with Gasteiger partial charge in [0.1, 0.15) is 17.0 Å². The van der Waals surface area contributed by atoms with E-state index in [2.05, 4.69) is 16.3 Å². The van der Waals surface area contributed by atoms with Crippen molar-refractivity contribution in [2.24, 2.45) is 0 Å². The molecule has 8 nitrogen and oxygen atoms in total. The molecule has 0 atom stereocenters. The van der Waals surface area contributed by atoms with Gasteiger partial charge in [-0.1, -0.05) is 42.5 Å². The Morgan fingerprint density at radius 2 is 1.64 bits per heavy atom. The lowest BCUT2D eigenvalue weighted by Gasteiger charge is -2.29. The minimum Gasteiger partial charge on any atom is -0.497 e. The number of aromatic nitrogens is 3. The van der Waals surface area contributed by atoms with E-state index in [1.807, 2.05) is 69.3 Å². The number of hydrogen-bond donors (Lipinski definition) is 0. The van der Waals surface area contributed by atoms with Crippen LogP contribution in [0.1, 0.15) is 55.7 Å². The Labute approximate surface area is 211 Å². The average molecular weight is 489 g/mol. The molecule has 0 bridgehead atoms. The van der Waals surface area contributed by atoms with Crippen LogP contribution in [0.5, 0.6) is 5.75 Å². The monoisotopic (exact) mass is 488 g/mol. The van der Waals surface area contributed by atoms with Crippen molar-refractivity contribution in [2.45, 2.75) is 46.3 Å².